The molecule has 1 aliphatic carbocycles. The maximum atomic E-state index is 12.4. The number of fused-ring (bicyclic) bond motifs is 1. The summed E-state index contributed by atoms with van der Waals surface area (Å²) in [5.41, 5.74) is 3.38. The molecule has 1 aliphatic rings. The molecule has 3 rings (SSSR count). The van der Waals surface area contributed by atoms with E-state index in [0.717, 1.165) is 24.0 Å². The predicted octanol–water partition coefficient (Wildman–Crippen LogP) is 5.28. The molecule has 0 aromatic heterocycles. The van der Waals surface area contributed by atoms with E-state index in [2.05, 4.69) is 6.07 Å². The van der Waals surface area contributed by atoms with Crippen LogP contribution in [-0.2, 0) is 9.59 Å². The highest BCUT2D eigenvalue weighted by Gasteiger charge is 2.32. The van der Waals surface area contributed by atoms with Crippen molar-refractivity contribution in [2.24, 2.45) is 0 Å². The summed E-state index contributed by atoms with van der Waals surface area (Å²) in [5.74, 6) is -0.916. The molecule has 0 bridgehead atoms. The lowest BCUT2D eigenvalue weighted by atomic mass is 9.76. The number of carboxylic acids is 1. The first-order valence-electron chi connectivity index (χ1n) is 8.89. The molecule has 0 unspecified atom stereocenters. The van der Waals surface area contributed by atoms with E-state index < -0.39 is 5.97 Å². The first-order valence-corrected chi connectivity index (χ1v) is 9.65. The van der Waals surface area contributed by atoms with Crippen molar-refractivity contribution in [3.05, 3.63) is 69.2 Å². The van der Waals surface area contributed by atoms with E-state index in [-0.39, 0.29) is 30.7 Å². The van der Waals surface area contributed by atoms with Crippen molar-refractivity contribution in [1.29, 1.82) is 0 Å². The Bertz CT molecular complexity index is 868. The second kappa shape index (κ2) is 8.32. The summed E-state index contributed by atoms with van der Waals surface area (Å²) in [5, 5.41) is 9.89. The maximum absolute atomic E-state index is 12.4. The molecule has 0 saturated heterocycles. The number of amides is 1. The minimum Gasteiger partial charge on any atom is -0.481 e. The standard InChI is InChI=1S/C21H21Cl2NO3/c1-24(20(25)10-11-21(26)27)19-9-7-14(15-4-2-3-5-16(15)19)13-6-8-17(22)18(23)12-13/h2-6,8,12,14,19H,7,9-11H2,1H3,(H,26,27)/t14-,19-/m0/s1. The highest BCUT2D eigenvalue weighted by molar-refractivity contribution is 6.42. The summed E-state index contributed by atoms with van der Waals surface area (Å²) in [6.07, 6.45) is 1.54. The van der Waals surface area contributed by atoms with Crippen molar-refractivity contribution in [2.75, 3.05) is 7.05 Å². The second-order valence-corrected chi connectivity index (χ2v) is 7.66. The van der Waals surface area contributed by atoms with Gasteiger partial charge in [-0.2, -0.15) is 0 Å². The molecule has 0 fully saturated rings. The highest BCUT2D eigenvalue weighted by Crippen LogP contribution is 2.44. The van der Waals surface area contributed by atoms with Gasteiger partial charge in [-0.25, -0.2) is 0 Å². The molecule has 2 aromatic carbocycles. The summed E-state index contributed by atoms with van der Waals surface area (Å²) in [7, 11) is 1.76. The van der Waals surface area contributed by atoms with Gasteiger partial charge in [0.1, 0.15) is 0 Å². The Kier molecular flexibility index (Phi) is 6.08. The van der Waals surface area contributed by atoms with Gasteiger partial charge < -0.3 is 10.0 Å². The normalized spacial score (nSPS) is 18.6. The second-order valence-electron chi connectivity index (χ2n) is 6.85. The fourth-order valence-electron chi connectivity index (χ4n) is 3.81. The van der Waals surface area contributed by atoms with E-state index >= 15 is 0 Å². The minimum atomic E-state index is -0.958. The highest BCUT2D eigenvalue weighted by atomic mass is 35.5. The van der Waals surface area contributed by atoms with Gasteiger partial charge in [0.2, 0.25) is 5.91 Å². The number of hydrogen-bond donors (Lipinski definition) is 1. The average Bonchev–Trinajstić information content (AvgIpc) is 2.67. The summed E-state index contributed by atoms with van der Waals surface area (Å²) in [6.45, 7) is 0. The number of aliphatic carboxylic acids is 1. The van der Waals surface area contributed by atoms with E-state index in [4.69, 9.17) is 28.3 Å². The van der Waals surface area contributed by atoms with Crippen LogP contribution in [0.5, 0.6) is 0 Å². The zero-order chi connectivity index (χ0) is 19.6. The van der Waals surface area contributed by atoms with Crippen LogP contribution in [-0.4, -0.2) is 28.9 Å². The van der Waals surface area contributed by atoms with Crippen molar-refractivity contribution >= 4 is 35.1 Å². The smallest absolute Gasteiger partial charge is 0.303 e. The van der Waals surface area contributed by atoms with Crippen molar-refractivity contribution in [2.45, 2.75) is 37.6 Å². The first-order chi connectivity index (χ1) is 12.9. The zero-order valence-electron chi connectivity index (χ0n) is 15.0. The monoisotopic (exact) mass is 405 g/mol. The van der Waals surface area contributed by atoms with Crippen LogP contribution in [0, 0.1) is 0 Å². The molecular weight excluding hydrogens is 385 g/mol. The molecule has 4 nitrogen and oxygen atoms in total. The third kappa shape index (κ3) is 4.28. The number of carboxylic acid groups (broad SMARTS) is 1. The van der Waals surface area contributed by atoms with Crippen LogP contribution < -0.4 is 0 Å². The Morgan fingerprint density at radius 2 is 1.74 bits per heavy atom. The van der Waals surface area contributed by atoms with Crippen LogP contribution in [0.4, 0.5) is 0 Å². The maximum Gasteiger partial charge on any atom is 0.303 e. The number of benzene rings is 2. The van der Waals surface area contributed by atoms with E-state index in [1.54, 1.807) is 11.9 Å². The van der Waals surface area contributed by atoms with E-state index in [0.29, 0.717) is 10.0 Å². The van der Waals surface area contributed by atoms with Gasteiger partial charge in [0.15, 0.2) is 0 Å². The van der Waals surface area contributed by atoms with Gasteiger partial charge >= 0.3 is 5.97 Å². The molecule has 142 valence electrons. The van der Waals surface area contributed by atoms with E-state index in [1.807, 2.05) is 36.4 Å². The van der Waals surface area contributed by atoms with Crippen LogP contribution in [0.3, 0.4) is 0 Å². The van der Waals surface area contributed by atoms with Crippen LogP contribution >= 0.6 is 23.2 Å². The molecule has 1 amide bonds. The molecule has 1 N–H and O–H groups in total. The fraction of sp³-hybridized carbons (Fsp3) is 0.333. The average molecular weight is 406 g/mol. The van der Waals surface area contributed by atoms with Crippen molar-refractivity contribution in [3.8, 4) is 0 Å². The SMILES string of the molecule is CN(C(=O)CCC(=O)O)[C@H]1CC[C@@H](c2ccc(Cl)c(Cl)c2)c2ccccc21. The summed E-state index contributed by atoms with van der Waals surface area (Å²) in [6, 6.07) is 13.8. The Hall–Kier alpha value is -2.04. The number of rotatable bonds is 5. The van der Waals surface area contributed by atoms with Gasteiger partial charge in [-0.05, 0) is 41.7 Å². The molecule has 27 heavy (non-hydrogen) atoms. The lowest BCUT2D eigenvalue weighted by molar-refractivity contribution is -0.141. The minimum absolute atomic E-state index is 0.0146. The van der Waals surface area contributed by atoms with Crippen molar-refractivity contribution < 1.29 is 14.7 Å². The van der Waals surface area contributed by atoms with Gasteiger partial charge in [0.05, 0.1) is 22.5 Å². The Morgan fingerprint density at radius 3 is 2.41 bits per heavy atom. The quantitative estimate of drug-likeness (QED) is 0.735. The van der Waals surface area contributed by atoms with Crippen LogP contribution in [0.1, 0.15) is 54.3 Å². The van der Waals surface area contributed by atoms with E-state index in [9.17, 15) is 9.59 Å². The van der Waals surface area contributed by atoms with Crippen molar-refractivity contribution in [3.63, 3.8) is 0 Å². The Morgan fingerprint density at radius 1 is 1.04 bits per heavy atom. The number of nitrogens with zero attached hydrogens (tertiary/aromatic N) is 1. The van der Waals surface area contributed by atoms with Gasteiger partial charge in [-0.3, -0.25) is 9.59 Å². The number of halogens is 2. The topological polar surface area (TPSA) is 57.6 Å². The number of carbonyl (C=O) groups excluding carboxylic acids is 1. The van der Waals surface area contributed by atoms with Crippen LogP contribution in [0.2, 0.25) is 10.0 Å². The molecule has 0 radical (unpaired) electrons. The molecule has 2 atom stereocenters. The van der Waals surface area contributed by atoms with Crippen molar-refractivity contribution in [1.82, 2.24) is 4.90 Å². The summed E-state index contributed by atoms with van der Waals surface area (Å²) < 4.78 is 0. The lowest BCUT2D eigenvalue weighted by Crippen LogP contribution is -2.34. The van der Waals surface area contributed by atoms with Gasteiger partial charge in [-0.1, -0.05) is 53.5 Å². The first kappa shape index (κ1) is 19.7. The fourth-order valence-corrected chi connectivity index (χ4v) is 4.12. The largest absolute Gasteiger partial charge is 0.481 e. The molecule has 0 aliphatic heterocycles. The molecular formula is C21H21Cl2NO3. The van der Waals surface area contributed by atoms with Gasteiger partial charge in [-0.15, -0.1) is 0 Å². The lowest BCUT2D eigenvalue weighted by Gasteiger charge is -2.37. The zero-order valence-corrected chi connectivity index (χ0v) is 16.5. The molecule has 2 aromatic rings. The Labute approximate surface area is 168 Å². The number of carbonyl (C=O) groups is 2. The van der Waals surface area contributed by atoms with Crippen LogP contribution in [0.15, 0.2) is 42.5 Å². The predicted molar refractivity (Wildman–Crippen MR) is 106 cm³/mol. The molecule has 0 saturated carbocycles. The third-order valence-electron chi connectivity index (χ3n) is 5.22. The molecule has 6 heteroatoms. The van der Waals surface area contributed by atoms with Gasteiger partial charge in [0, 0.05) is 19.4 Å². The molecule has 0 heterocycles. The molecule has 0 spiro atoms. The van der Waals surface area contributed by atoms with Gasteiger partial charge in [0.25, 0.3) is 0 Å². The number of hydrogen-bond acceptors (Lipinski definition) is 2. The summed E-state index contributed by atoms with van der Waals surface area (Å²) >= 11 is 12.3. The van der Waals surface area contributed by atoms with E-state index in [1.165, 1.54) is 5.56 Å². The third-order valence-corrected chi connectivity index (χ3v) is 5.96. The van der Waals surface area contributed by atoms with Crippen LogP contribution in [0.25, 0.3) is 0 Å². The summed E-state index contributed by atoms with van der Waals surface area (Å²) in [4.78, 5) is 24.9. The Balaban J connectivity index is 1.88.